The maximum atomic E-state index is 12.6. The van der Waals surface area contributed by atoms with Gasteiger partial charge in [-0.2, -0.15) is 13.2 Å². The molecule has 1 aliphatic rings. The van der Waals surface area contributed by atoms with Gasteiger partial charge in [0.1, 0.15) is 0 Å². The van der Waals surface area contributed by atoms with E-state index in [-0.39, 0.29) is 24.0 Å². The number of quaternary nitrogens is 1. The molecule has 6 heteroatoms. The second-order valence-electron chi connectivity index (χ2n) is 5.42. The fourth-order valence-electron chi connectivity index (χ4n) is 2.14. The third-order valence-corrected chi connectivity index (χ3v) is 3.49. The lowest BCUT2D eigenvalue weighted by Crippen LogP contribution is -3.00. The van der Waals surface area contributed by atoms with E-state index in [0.717, 1.165) is 36.7 Å². The Hall–Kier alpha value is -0.500. The fraction of sp³-hybridized carbons (Fsp3) is 0.538. The summed E-state index contributed by atoms with van der Waals surface area (Å²) >= 11 is 0. The van der Waals surface area contributed by atoms with Gasteiger partial charge in [0.15, 0.2) is 0 Å². The van der Waals surface area contributed by atoms with Crippen molar-refractivity contribution in [3.8, 4) is 0 Å². The van der Waals surface area contributed by atoms with Crippen LogP contribution >= 0.6 is 0 Å². The molecular formula is C13H18F3IN2. The summed E-state index contributed by atoms with van der Waals surface area (Å²) in [4.78, 5) is 2.03. The first kappa shape index (κ1) is 16.6. The molecule has 0 N–H and O–H groups in total. The second kappa shape index (κ2) is 5.87. The number of benzene rings is 1. The summed E-state index contributed by atoms with van der Waals surface area (Å²) in [6.45, 7) is 3.51. The van der Waals surface area contributed by atoms with Gasteiger partial charge in [-0.05, 0) is 18.2 Å². The summed E-state index contributed by atoms with van der Waals surface area (Å²) in [6, 6.07) is 5.59. The number of hydrogen-bond acceptors (Lipinski definition) is 1. The Kier molecular flexibility index (Phi) is 5.11. The van der Waals surface area contributed by atoms with Gasteiger partial charge in [0, 0.05) is 5.69 Å². The molecule has 1 aromatic carbocycles. The normalized spacial score (nSPS) is 18.9. The molecule has 0 spiro atoms. The molecule has 0 bridgehead atoms. The number of alkyl halides is 3. The van der Waals surface area contributed by atoms with Crippen LogP contribution in [0.5, 0.6) is 0 Å². The molecule has 0 radical (unpaired) electrons. The predicted octanol–water partition coefficient (Wildman–Crippen LogP) is -0.394. The number of hydrogen-bond donors (Lipinski definition) is 0. The van der Waals surface area contributed by atoms with Crippen LogP contribution in [-0.4, -0.2) is 44.8 Å². The first-order chi connectivity index (χ1) is 8.28. The second-order valence-corrected chi connectivity index (χ2v) is 5.42. The SMILES string of the molecule is C[N+]1(C)CCN(c2cccc(C(F)(F)F)c2)CC1.[I-]. The Morgan fingerprint density at radius 3 is 2.21 bits per heavy atom. The van der Waals surface area contributed by atoms with Gasteiger partial charge in [0.05, 0.1) is 45.8 Å². The van der Waals surface area contributed by atoms with Crippen molar-refractivity contribution in [3.63, 3.8) is 0 Å². The lowest BCUT2D eigenvalue weighted by atomic mass is 10.1. The van der Waals surface area contributed by atoms with Gasteiger partial charge < -0.3 is 33.4 Å². The predicted molar refractivity (Wildman–Crippen MR) is 65.5 cm³/mol. The Morgan fingerprint density at radius 1 is 1.11 bits per heavy atom. The highest BCUT2D eigenvalue weighted by atomic mass is 127. The average molecular weight is 386 g/mol. The Balaban J connectivity index is 0.00000180. The van der Waals surface area contributed by atoms with Gasteiger partial charge in [0.2, 0.25) is 0 Å². The summed E-state index contributed by atoms with van der Waals surface area (Å²) in [7, 11) is 4.28. The standard InChI is InChI=1S/C13H18F3N2.HI/c1-18(2)8-6-17(7-9-18)12-5-3-4-11(10-12)13(14,15)16;/h3-5,10H,6-9H2,1-2H3;1H/q+1;/p-1. The summed E-state index contributed by atoms with van der Waals surface area (Å²) in [5.74, 6) is 0. The van der Waals surface area contributed by atoms with E-state index in [1.807, 2.05) is 4.90 Å². The number of halogens is 4. The van der Waals surface area contributed by atoms with Crippen molar-refractivity contribution in [2.24, 2.45) is 0 Å². The zero-order valence-corrected chi connectivity index (χ0v) is 13.2. The fourth-order valence-corrected chi connectivity index (χ4v) is 2.14. The van der Waals surface area contributed by atoms with E-state index in [1.54, 1.807) is 6.07 Å². The van der Waals surface area contributed by atoms with E-state index in [2.05, 4.69) is 14.1 Å². The smallest absolute Gasteiger partial charge is 0.416 e. The van der Waals surface area contributed by atoms with E-state index in [4.69, 9.17) is 0 Å². The molecule has 0 atom stereocenters. The van der Waals surface area contributed by atoms with Crippen LogP contribution in [0.25, 0.3) is 0 Å². The van der Waals surface area contributed by atoms with E-state index in [1.165, 1.54) is 12.1 Å². The molecule has 0 aromatic heterocycles. The minimum Gasteiger partial charge on any atom is -1.00 e. The van der Waals surface area contributed by atoms with Crippen LogP contribution in [0.4, 0.5) is 18.9 Å². The number of rotatable bonds is 1. The van der Waals surface area contributed by atoms with Crippen LogP contribution in [0.3, 0.4) is 0 Å². The summed E-state index contributed by atoms with van der Waals surface area (Å²) in [6.07, 6.45) is -4.26. The van der Waals surface area contributed by atoms with Crippen molar-refractivity contribution in [2.45, 2.75) is 6.18 Å². The van der Waals surface area contributed by atoms with E-state index >= 15 is 0 Å². The Labute approximate surface area is 128 Å². The molecule has 19 heavy (non-hydrogen) atoms. The molecule has 0 aliphatic carbocycles. The van der Waals surface area contributed by atoms with Crippen LogP contribution in [0.2, 0.25) is 0 Å². The third-order valence-electron chi connectivity index (χ3n) is 3.49. The lowest BCUT2D eigenvalue weighted by Gasteiger charge is -2.40. The summed E-state index contributed by atoms with van der Waals surface area (Å²) in [5.41, 5.74) is 0.101. The van der Waals surface area contributed by atoms with Crippen molar-refractivity contribution in [2.75, 3.05) is 45.2 Å². The van der Waals surface area contributed by atoms with Crippen molar-refractivity contribution in [1.29, 1.82) is 0 Å². The van der Waals surface area contributed by atoms with Gasteiger partial charge in [0.25, 0.3) is 0 Å². The molecule has 1 aromatic rings. The summed E-state index contributed by atoms with van der Waals surface area (Å²) < 4.78 is 38.8. The molecule has 1 heterocycles. The van der Waals surface area contributed by atoms with Gasteiger partial charge in [-0.25, -0.2) is 0 Å². The van der Waals surface area contributed by atoms with Crippen molar-refractivity contribution >= 4 is 5.69 Å². The highest BCUT2D eigenvalue weighted by Gasteiger charge is 2.31. The molecule has 0 amide bonds. The van der Waals surface area contributed by atoms with Gasteiger partial charge in [-0.3, -0.25) is 0 Å². The van der Waals surface area contributed by atoms with E-state index in [9.17, 15) is 13.2 Å². The van der Waals surface area contributed by atoms with Gasteiger partial charge in [-0.15, -0.1) is 0 Å². The first-order valence-electron chi connectivity index (χ1n) is 6.02. The molecule has 0 saturated carbocycles. The topological polar surface area (TPSA) is 3.24 Å². The molecule has 1 fully saturated rings. The third kappa shape index (κ3) is 4.24. The highest BCUT2D eigenvalue weighted by Crippen LogP contribution is 2.31. The zero-order chi connectivity index (χ0) is 13.4. The van der Waals surface area contributed by atoms with Crippen LogP contribution in [-0.2, 0) is 6.18 Å². The maximum absolute atomic E-state index is 12.6. The van der Waals surface area contributed by atoms with Crippen LogP contribution in [0.1, 0.15) is 5.56 Å². The zero-order valence-electron chi connectivity index (χ0n) is 11.0. The van der Waals surface area contributed by atoms with Crippen LogP contribution in [0, 0.1) is 0 Å². The number of nitrogens with zero attached hydrogens (tertiary/aromatic N) is 2. The minimum atomic E-state index is -4.26. The molecule has 1 saturated heterocycles. The molecule has 2 nitrogen and oxygen atoms in total. The highest BCUT2D eigenvalue weighted by molar-refractivity contribution is 5.49. The van der Waals surface area contributed by atoms with E-state index in [0.29, 0.717) is 5.69 Å². The summed E-state index contributed by atoms with van der Waals surface area (Å²) in [5, 5.41) is 0. The van der Waals surface area contributed by atoms with Crippen LogP contribution in [0.15, 0.2) is 24.3 Å². The van der Waals surface area contributed by atoms with Crippen molar-refractivity contribution in [1.82, 2.24) is 0 Å². The Morgan fingerprint density at radius 2 is 1.68 bits per heavy atom. The number of piperazine rings is 1. The minimum absolute atomic E-state index is 0. The van der Waals surface area contributed by atoms with Crippen molar-refractivity contribution < 1.29 is 41.6 Å². The van der Waals surface area contributed by atoms with Gasteiger partial charge in [-0.1, -0.05) is 6.07 Å². The van der Waals surface area contributed by atoms with Gasteiger partial charge >= 0.3 is 6.18 Å². The maximum Gasteiger partial charge on any atom is 0.416 e. The van der Waals surface area contributed by atoms with E-state index < -0.39 is 11.7 Å². The number of likely N-dealkylation sites (N-methyl/N-ethyl adjacent to an activating group) is 1. The Bertz CT molecular complexity index is 422. The van der Waals surface area contributed by atoms with Crippen molar-refractivity contribution in [3.05, 3.63) is 29.8 Å². The lowest BCUT2D eigenvalue weighted by molar-refractivity contribution is -0.890. The number of anilines is 1. The first-order valence-corrected chi connectivity index (χ1v) is 6.02. The average Bonchev–Trinajstić information content (AvgIpc) is 2.28. The molecule has 108 valence electrons. The molecule has 2 rings (SSSR count). The monoisotopic (exact) mass is 386 g/mol. The largest absolute Gasteiger partial charge is 1.00 e. The molecular weight excluding hydrogens is 368 g/mol. The molecule has 1 aliphatic heterocycles. The quantitative estimate of drug-likeness (QED) is 0.470. The van der Waals surface area contributed by atoms with Crippen LogP contribution < -0.4 is 28.9 Å². The molecule has 0 unspecified atom stereocenters.